The third kappa shape index (κ3) is 4.94. The highest BCUT2D eigenvalue weighted by Gasteiger charge is 2.30. The number of aromatic carboxylic acids is 1. The molecular weight excluding hydrogens is 407 g/mol. The van der Waals surface area contributed by atoms with Crippen LogP contribution in [0.2, 0.25) is 0 Å². The SMILES string of the molecule is Cc1ccc(C(=O)Nc2cc(C(=O)O)sc2Oc2ccc(C(F)(F)F)cc2)cc1. The first-order valence-electron chi connectivity index (χ1n) is 8.24. The van der Waals surface area contributed by atoms with Gasteiger partial charge < -0.3 is 15.2 Å². The molecular formula is C20H14F3NO4S. The average Bonchev–Trinajstić information content (AvgIpc) is 3.04. The number of carboxylic acid groups (broad SMARTS) is 1. The van der Waals surface area contributed by atoms with E-state index in [1.807, 2.05) is 6.92 Å². The molecule has 0 radical (unpaired) electrons. The van der Waals surface area contributed by atoms with Gasteiger partial charge >= 0.3 is 12.1 Å². The second-order valence-electron chi connectivity index (χ2n) is 6.06. The quantitative estimate of drug-likeness (QED) is 0.545. The Morgan fingerprint density at radius 2 is 1.66 bits per heavy atom. The lowest BCUT2D eigenvalue weighted by Crippen LogP contribution is -2.11. The molecule has 0 aliphatic carbocycles. The molecule has 2 N–H and O–H groups in total. The number of nitrogens with one attached hydrogen (secondary N) is 1. The van der Waals surface area contributed by atoms with Gasteiger partial charge in [0.1, 0.15) is 10.6 Å². The van der Waals surface area contributed by atoms with Crippen LogP contribution in [0.4, 0.5) is 18.9 Å². The maximum Gasteiger partial charge on any atom is 0.416 e. The van der Waals surface area contributed by atoms with Gasteiger partial charge in [-0.15, -0.1) is 0 Å². The number of aryl methyl sites for hydroxylation is 1. The topological polar surface area (TPSA) is 75.6 Å². The van der Waals surface area contributed by atoms with Crippen LogP contribution in [0.3, 0.4) is 0 Å². The molecule has 3 aromatic rings. The van der Waals surface area contributed by atoms with Crippen LogP contribution in [0, 0.1) is 6.92 Å². The molecule has 0 aliphatic heterocycles. The van der Waals surface area contributed by atoms with E-state index in [-0.39, 0.29) is 21.4 Å². The summed E-state index contributed by atoms with van der Waals surface area (Å²) in [6, 6.07) is 11.9. The Balaban J connectivity index is 1.85. The van der Waals surface area contributed by atoms with Crippen LogP contribution >= 0.6 is 11.3 Å². The molecule has 0 aliphatic rings. The van der Waals surface area contributed by atoms with Gasteiger partial charge in [-0.25, -0.2) is 4.79 Å². The van der Waals surface area contributed by atoms with E-state index in [4.69, 9.17) is 4.74 Å². The zero-order valence-electron chi connectivity index (χ0n) is 14.9. The molecule has 1 heterocycles. The third-order valence-corrected chi connectivity index (χ3v) is 4.86. The number of anilines is 1. The molecule has 150 valence electrons. The van der Waals surface area contributed by atoms with Crippen LogP contribution in [0.25, 0.3) is 0 Å². The van der Waals surface area contributed by atoms with E-state index in [9.17, 15) is 27.9 Å². The fourth-order valence-electron chi connectivity index (χ4n) is 2.36. The van der Waals surface area contributed by atoms with Crippen molar-refractivity contribution in [1.29, 1.82) is 0 Å². The molecule has 0 atom stereocenters. The molecule has 29 heavy (non-hydrogen) atoms. The zero-order valence-corrected chi connectivity index (χ0v) is 15.7. The van der Waals surface area contributed by atoms with Gasteiger partial charge in [-0.1, -0.05) is 29.0 Å². The molecule has 0 spiro atoms. The molecule has 0 bridgehead atoms. The van der Waals surface area contributed by atoms with Crippen molar-refractivity contribution >= 4 is 28.9 Å². The third-order valence-electron chi connectivity index (χ3n) is 3.86. The Labute approximate surface area is 167 Å². The summed E-state index contributed by atoms with van der Waals surface area (Å²) < 4.78 is 43.6. The van der Waals surface area contributed by atoms with Crippen LogP contribution in [0.15, 0.2) is 54.6 Å². The first-order chi connectivity index (χ1) is 13.6. The number of rotatable bonds is 5. The van der Waals surface area contributed by atoms with E-state index in [2.05, 4.69) is 5.32 Å². The monoisotopic (exact) mass is 421 g/mol. The number of carboxylic acids is 1. The molecule has 1 aromatic heterocycles. The first kappa shape index (κ1) is 20.4. The summed E-state index contributed by atoms with van der Waals surface area (Å²) in [5.41, 5.74) is 0.601. The highest BCUT2D eigenvalue weighted by molar-refractivity contribution is 7.16. The van der Waals surface area contributed by atoms with Gasteiger partial charge in [0.2, 0.25) is 5.06 Å². The number of hydrogen-bond donors (Lipinski definition) is 2. The van der Waals surface area contributed by atoms with E-state index < -0.39 is 23.6 Å². The van der Waals surface area contributed by atoms with Gasteiger partial charge in [0, 0.05) is 5.56 Å². The number of ether oxygens (including phenoxy) is 1. The maximum absolute atomic E-state index is 12.7. The van der Waals surface area contributed by atoms with Crippen LogP contribution in [-0.4, -0.2) is 17.0 Å². The zero-order chi connectivity index (χ0) is 21.2. The van der Waals surface area contributed by atoms with Crippen molar-refractivity contribution in [2.24, 2.45) is 0 Å². The molecule has 0 saturated carbocycles. The van der Waals surface area contributed by atoms with Gasteiger partial charge in [-0.05, 0) is 49.4 Å². The van der Waals surface area contributed by atoms with Crippen LogP contribution in [-0.2, 0) is 6.18 Å². The van der Waals surface area contributed by atoms with Crippen molar-refractivity contribution in [3.8, 4) is 10.8 Å². The molecule has 0 unspecified atom stereocenters. The van der Waals surface area contributed by atoms with Gasteiger partial charge in [0.05, 0.1) is 11.3 Å². The molecule has 0 saturated heterocycles. The second kappa shape index (κ2) is 7.96. The van der Waals surface area contributed by atoms with Crippen LogP contribution in [0.5, 0.6) is 10.8 Å². The minimum atomic E-state index is -4.48. The highest BCUT2D eigenvalue weighted by Crippen LogP contribution is 2.39. The fraction of sp³-hybridized carbons (Fsp3) is 0.100. The number of halogens is 3. The van der Waals surface area contributed by atoms with Crippen molar-refractivity contribution in [1.82, 2.24) is 0 Å². The van der Waals surface area contributed by atoms with E-state index in [0.29, 0.717) is 5.56 Å². The minimum absolute atomic E-state index is 0.0441. The summed E-state index contributed by atoms with van der Waals surface area (Å²) in [5, 5.41) is 11.8. The van der Waals surface area contributed by atoms with E-state index >= 15 is 0 Å². The highest BCUT2D eigenvalue weighted by atomic mass is 32.1. The number of carbonyl (C=O) groups excluding carboxylic acids is 1. The summed E-state index contributed by atoms with van der Waals surface area (Å²) in [5.74, 6) is -1.62. The van der Waals surface area contributed by atoms with Crippen LogP contribution < -0.4 is 10.1 Å². The van der Waals surface area contributed by atoms with Crippen molar-refractivity contribution in [3.63, 3.8) is 0 Å². The summed E-state index contributed by atoms with van der Waals surface area (Å²) in [6.07, 6.45) is -4.48. The Bertz CT molecular complexity index is 1040. The van der Waals surface area contributed by atoms with Crippen molar-refractivity contribution in [3.05, 3.63) is 76.2 Å². The molecule has 9 heteroatoms. The lowest BCUT2D eigenvalue weighted by molar-refractivity contribution is -0.137. The predicted octanol–water partition coefficient (Wildman–Crippen LogP) is 5.82. The molecule has 1 amide bonds. The average molecular weight is 421 g/mol. The van der Waals surface area contributed by atoms with Gasteiger partial charge in [-0.3, -0.25) is 4.79 Å². The number of amides is 1. The Morgan fingerprint density at radius 1 is 1.03 bits per heavy atom. The summed E-state index contributed by atoms with van der Waals surface area (Å²) in [6.45, 7) is 1.87. The van der Waals surface area contributed by atoms with E-state index in [1.165, 1.54) is 6.07 Å². The van der Waals surface area contributed by atoms with Crippen LogP contribution in [0.1, 0.15) is 31.2 Å². The van der Waals surface area contributed by atoms with Crippen molar-refractivity contribution in [2.75, 3.05) is 5.32 Å². The second-order valence-corrected chi connectivity index (χ2v) is 7.08. The summed E-state index contributed by atoms with van der Waals surface area (Å²) in [4.78, 5) is 23.6. The first-order valence-corrected chi connectivity index (χ1v) is 9.05. The standard InChI is InChI=1S/C20H14F3NO4S/c1-11-2-4-12(5-3-11)17(25)24-15-10-16(18(26)27)29-19(15)28-14-8-6-13(7-9-14)20(21,22)23/h2-10H,1H3,(H,24,25)(H,26,27). The molecule has 5 nitrogen and oxygen atoms in total. The number of alkyl halides is 3. The molecule has 0 fully saturated rings. The van der Waals surface area contributed by atoms with Crippen molar-refractivity contribution in [2.45, 2.75) is 13.1 Å². The van der Waals surface area contributed by atoms with Gasteiger partial charge in [0.25, 0.3) is 5.91 Å². The fourth-order valence-corrected chi connectivity index (χ4v) is 3.18. The lowest BCUT2D eigenvalue weighted by Gasteiger charge is -2.10. The van der Waals surface area contributed by atoms with Crippen molar-refractivity contribution < 1.29 is 32.6 Å². The summed E-state index contributed by atoms with van der Waals surface area (Å²) in [7, 11) is 0. The smallest absolute Gasteiger partial charge is 0.416 e. The molecule has 3 rings (SSSR count). The Kier molecular flexibility index (Phi) is 5.60. The largest absolute Gasteiger partial charge is 0.477 e. The normalized spacial score (nSPS) is 11.2. The summed E-state index contributed by atoms with van der Waals surface area (Å²) >= 11 is 0.753. The van der Waals surface area contributed by atoms with E-state index in [1.54, 1.807) is 24.3 Å². The van der Waals surface area contributed by atoms with Gasteiger partial charge in [-0.2, -0.15) is 13.2 Å². The predicted molar refractivity (Wildman–Crippen MR) is 102 cm³/mol. The number of hydrogen-bond acceptors (Lipinski definition) is 4. The van der Waals surface area contributed by atoms with E-state index in [0.717, 1.165) is 41.2 Å². The lowest BCUT2D eigenvalue weighted by atomic mass is 10.1. The number of carbonyl (C=O) groups is 2. The van der Waals surface area contributed by atoms with Gasteiger partial charge in [0.15, 0.2) is 0 Å². The maximum atomic E-state index is 12.7. The Hall–Kier alpha value is -3.33. The molecule has 2 aromatic carbocycles. The number of benzene rings is 2. The number of thiophene rings is 1. The minimum Gasteiger partial charge on any atom is -0.477 e. The Morgan fingerprint density at radius 3 is 2.21 bits per heavy atom.